The molecule has 8 aromatic carbocycles. The lowest BCUT2D eigenvalue weighted by atomic mass is 10.1. The van der Waals surface area contributed by atoms with Gasteiger partial charge in [0.15, 0.2) is 8.07 Å². The van der Waals surface area contributed by atoms with Crippen LogP contribution in [0.2, 0.25) is 0 Å². The first-order chi connectivity index (χ1) is 25.3. The van der Waals surface area contributed by atoms with Crippen LogP contribution in [0.1, 0.15) is 0 Å². The van der Waals surface area contributed by atoms with E-state index in [2.05, 4.69) is 215 Å². The van der Waals surface area contributed by atoms with Gasteiger partial charge in [-0.25, -0.2) is 0 Å². The minimum absolute atomic E-state index is 1.16. The van der Waals surface area contributed by atoms with Crippen molar-refractivity contribution in [3.05, 3.63) is 206 Å². The fourth-order valence-corrected chi connectivity index (χ4v) is 13.4. The number of hydrogen-bond donors (Lipinski definition) is 0. The summed E-state index contributed by atoms with van der Waals surface area (Å²) in [5.41, 5.74) is 7.19. The van der Waals surface area contributed by atoms with Gasteiger partial charge in [0.05, 0.1) is 22.1 Å². The molecule has 0 radical (unpaired) electrons. The Bertz CT molecular complexity index is 2740. The highest BCUT2D eigenvalue weighted by Crippen LogP contribution is 2.41. The normalized spacial score (nSPS) is 11.9. The van der Waals surface area contributed by atoms with Crippen molar-refractivity contribution in [2.75, 3.05) is 0 Å². The van der Waals surface area contributed by atoms with Crippen molar-refractivity contribution in [3.63, 3.8) is 0 Å². The van der Waals surface area contributed by atoms with E-state index in [1.54, 1.807) is 0 Å². The molecule has 0 aliphatic heterocycles. The SMILES string of the molecule is c1ccc(-n2c3ccccc3c3c2ccc2c4ccccc4n(-c4cccc([Si](c5ccccc5)(c5ccccc5)c5ccccc5)c4)c23)cc1. The van der Waals surface area contributed by atoms with Gasteiger partial charge in [-0.15, -0.1) is 0 Å². The number of benzene rings is 8. The zero-order chi connectivity index (χ0) is 33.8. The zero-order valence-corrected chi connectivity index (χ0v) is 29.0. The lowest BCUT2D eigenvalue weighted by molar-refractivity contribution is 1.17. The van der Waals surface area contributed by atoms with Crippen LogP contribution in [0.25, 0.3) is 55.0 Å². The van der Waals surface area contributed by atoms with E-state index in [-0.39, 0.29) is 0 Å². The molecule has 3 heteroatoms. The molecule has 0 amide bonds. The molecule has 2 heterocycles. The molecule has 240 valence electrons. The van der Waals surface area contributed by atoms with Gasteiger partial charge in [0.1, 0.15) is 0 Å². The summed E-state index contributed by atoms with van der Waals surface area (Å²) in [6.45, 7) is 0. The molecule has 10 rings (SSSR count). The Kier molecular flexibility index (Phi) is 6.86. The number of para-hydroxylation sites is 3. The number of nitrogens with zero attached hydrogens (tertiary/aromatic N) is 2. The van der Waals surface area contributed by atoms with Crippen molar-refractivity contribution in [3.8, 4) is 11.4 Å². The van der Waals surface area contributed by atoms with Crippen LogP contribution >= 0.6 is 0 Å². The second kappa shape index (κ2) is 11.9. The molecular weight excluding hydrogens is 633 g/mol. The molecule has 0 N–H and O–H groups in total. The van der Waals surface area contributed by atoms with Crippen LogP contribution in [-0.2, 0) is 0 Å². The minimum atomic E-state index is -2.73. The van der Waals surface area contributed by atoms with Crippen LogP contribution in [0.15, 0.2) is 206 Å². The van der Waals surface area contributed by atoms with Crippen LogP contribution in [0.4, 0.5) is 0 Å². The van der Waals surface area contributed by atoms with Crippen LogP contribution in [0.3, 0.4) is 0 Å². The van der Waals surface area contributed by atoms with E-state index < -0.39 is 8.07 Å². The van der Waals surface area contributed by atoms with Gasteiger partial charge in [-0.05, 0) is 63.2 Å². The molecule has 0 saturated heterocycles. The van der Waals surface area contributed by atoms with Crippen molar-refractivity contribution in [1.82, 2.24) is 9.13 Å². The quantitative estimate of drug-likeness (QED) is 0.124. The van der Waals surface area contributed by atoms with Gasteiger partial charge < -0.3 is 9.13 Å². The first-order valence-electron chi connectivity index (χ1n) is 17.6. The van der Waals surface area contributed by atoms with Crippen LogP contribution in [0, 0.1) is 0 Å². The van der Waals surface area contributed by atoms with Gasteiger partial charge >= 0.3 is 0 Å². The predicted octanol–water partition coefficient (Wildman–Crippen LogP) is 9.26. The molecule has 0 atom stereocenters. The molecule has 0 spiro atoms. The summed E-state index contributed by atoms with van der Waals surface area (Å²) < 4.78 is 4.94. The Balaban J connectivity index is 1.34. The average molecular weight is 667 g/mol. The van der Waals surface area contributed by atoms with Crippen molar-refractivity contribution in [2.45, 2.75) is 0 Å². The topological polar surface area (TPSA) is 9.86 Å². The van der Waals surface area contributed by atoms with E-state index >= 15 is 0 Å². The fourth-order valence-electron chi connectivity index (χ4n) is 8.57. The Morgan fingerprint density at radius 2 is 0.765 bits per heavy atom. The van der Waals surface area contributed by atoms with Gasteiger partial charge in [-0.2, -0.15) is 0 Å². The van der Waals surface area contributed by atoms with Crippen molar-refractivity contribution >= 4 is 72.4 Å². The maximum absolute atomic E-state index is 2.73. The summed E-state index contributed by atoms with van der Waals surface area (Å²) in [5.74, 6) is 0. The number of hydrogen-bond acceptors (Lipinski definition) is 0. The van der Waals surface area contributed by atoms with Crippen molar-refractivity contribution in [2.24, 2.45) is 0 Å². The summed E-state index contributed by atoms with van der Waals surface area (Å²) in [4.78, 5) is 0. The minimum Gasteiger partial charge on any atom is -0.309 e. The number of rotatable bonds is 6. The Hall–Kier alpha value is -6.42. The molecule has 0 saturated carbocycles. The summed E-state index contributed by atoms with van der Waals surface area (Å²) >= 11 is 0. The third kappa shape index (κ3) is 4.42. The second-order valence-electron chi connectivity index (χ2n) is 13.3. The van der Waals surface area contributed by atoms with Crippen molar-refractivity contribution < 1.29 is 0 Å². The predicted molar refractivity (Wildman–Crippen MR) is 219 cm³/mol. The van der Waals surface area contributed by atoms with E-state index in [0.29, 0.717) is 0 Å². The Morgan fingerprint density at radius 3 is 1.37 bits per heavy atom. The zero-order valence-electron chi connectivity index (χ0n) is 28.0. The van der Waals surface area contributed by atoms with Gasteiger partial charge in [0.25, 0.3) is 0 Å². The molecule has 0 aliphatic rings. The number of fused-ring (bicyclic) bond motifs is 7. The summed E-state index contributed by atoms with van der Waals surface area (Å²) in [6, 6.07) is 76.1. The largest absolute Gasteiger partial charge is 0.309 e. The average Bonchev–Trinajstić information content (AvgIpc) is 3.73. The molecule has 2 nitrogen and oxygen atoms in total. The van der Waals surface area contributed by atoms with E-state index in [0.717, 1.165) is 5.69 Å². The van der Waals surface area contributed by atoms with E-state index in [4.69, 9.17) is 0 Å². The van der Waals surface area contributed by atoms with Crippen LogP contribution in [-0.4, -0.2) is 17.2 Å². The van der Waals surface area contributed by atoms with Crippen LogP contribution < -0.4 is 20.7 Å². The molecule has 2 aromatic heterocycles. The highest BCUT2D eigenvalue weighted by molar-refractivity contribution is 7.19. The third-order valence-electron chi connectivity index (χ3n) is 10.6. The smallest absolute Gasteiger partial charge is 0.179 e. The van der Waals surface area contributed by atoms with Gasteiger partial charge in [0.2, 0.25) is 0 Å². The summed E-state index contributed by atoms with van der Waals surface area (Å²) in [6.07, 6.45) is 0. The number of aromatic nitrogens is 2. The van der Waals surface area contributed by atoms with Gasteiger partial charge in [0, 0.05) is 32.9 Å². The second-order valence-corrected chi connectivity index (χ2v) is 17.1. The molecule has 0 fully saturated rings. The van der Waals surface area contributed by atoms with E-state index in [9.17, 15) is 0 Å². The molecule has 51 heavy (non-hydrogen) atoms. The van der Waals surface area contributed by atoms with Crippen LogP contribution in [0.5, 0.6) is 0 Å². The molecular formula is C48H34N2Si. The first-order valence-corrected chi connectivity index (χ1v) is 19.6. The lowest BCUT2D eigenvalue weighted by Crippen LogP contribution is -2.74. The maximum atomic E-state index is 2.53. The maximum Gasteiger partial charge on any atom is 0.179 e. The fraction of sp³-hybridized carbons (Fsp3) is 0. The Labute approximate surface area is 298 Å². The lowest BCUT2D eigenvalue weighted by Gasteiger charge is -2.34. The molecule has 0 unspecified atom stereocenters. The molecule has 10 aromatic rings. The van der Waals surface area contributed by atoms with Gasteiger partial charge in [-0.3, -0.25) is 0 Å². The first kappa shape index (κ1) is 29.5. The van der Waals surface area contributed by atoms with E-state index in [1.807, 2.05) is 0 Å². The monoisotopic (exact) mass is 666 g/mol. The van der Waals surface area contributed by atoms with Gasteiger partial charge in [-0.1, -0.05) is 164 Å². The molecule has 0 bridgehead atoms. The molecule has 0 aliphatic carbocycles. The Morgan fingerprint density at radius 1 is 0.294 bits per heavy atom. The highest BCUT2D eigenvalue weighted by Gasteiger charge is 2.41. The third-order valence-corrected chi connectivity index (χ3v) is 15.4. The summed E-state index contributed by atoms with van der Waals surface area (Å²) in [5, 5.41) is 10.5. The van der Waals surface area contributed by atoms with E-state index in [1.165, 1.54) is 70.0 Å². The summed E-state index contributed by atoms with van der Waals surface area (Å²) in [7, 11) is -2.73. The van der Waals surface area contributed by atoms with Crippen molar-refractivity contribution in [1.29, 1.82) is 0 Å². The highest BCUT2D eigenvalue weighted by atomic mass is 28.3. The standard InChI is InChI=1S/C48H34N2Si/c1-5-18-35(19-6-1)49-45-31-16-14-29-43(45)47-46(49)33-32-42-41-28-13-15-30-44(41)50(48(42)47)36-20-17-27-40(34-36)51(37-21-7-2-8-22-37,38-23-9-3-10-24-38)39-25-11-4-12-26-39/h1-34H.